The van der Waals surface area contributed by atoms with Gasteiger partial charge >= 0.3 is 0 Å². The summed E-state index contributed by atoms with van der Waals surface area (Å²) in [4.78, 5) is 20.5. The minimum absolute atomic E-state index is 0.0662. The molecule has 3 rings (SSSR count). The highest BCUT2D eigenvalue weighted by Crippen LogP contribution is 2.33. The number of carbonyl (C=O) groups is 1. The Bertz CT molecular complexity index is 852. The Hall–Kier alpha value is -2.79. The zero-order valence-electron chi connectivity index (χ0n) is 13.6. The van der Waals surface area contributed by atoms with Crippen LogP contribution in [-0.2, 0) is 6.42 Å². The van der Waals surface area contributed by atoms with Crippen LogP contribution in [0.15, 0.2) is 47.6 Å². The fourth-order valence-electron chi connectivity index (χ4n) is 2.92. The van der Waals surface area contributed by atoms with Crippen LogP contribution in [0.2, 0.25) is 0 Å². The molecule has 1 aromatic carbocycles. The number of aliphatic imine (C=N–C) groups is 1. The largest absolute Gasteiger partial charge is 0.386 e. The van der Waals surface area contributed by atoms with E-state index in [2.05, 4.69) is 22.1 Å². The van der Waals surface area contributed by atoms with Crippen LogP contribution < -0.4 is 11.5 Å². The highest BCUT2D eigenvalue weighted by Gasteiger charge is 2.18. The van der Waals surface area contributed by atoms with Crippen LogP contribution in [0.5, 0.6) is 0 Å². The molecule has 0 saturated heterocycles. The van der Waals surface area contributed by atoms with E-state index < -0.39 is 0 Å². The van der Waals surface area contributed by atoms with Crippen LogP contribution in [0, 0.1) is 6.92 Å². The Morgan fingerprint density at radius 3 is 2.88 bits per heavy atom. The molecule has 1 heterocycles. The van der Waals surface area contributed by atoms with Gasteiger partial charge in [-0.2, -0.15) is 4.99 Å². The van der Waals surface area contributed by atoms with Crippen molar-refractivity contribution in [3.05, 3.63) is 70.6 Å². The molecule has 0 unspecified atom stereocenters. The number of aromatic nitrogens is 1. The van der Waals surface area contributed by atoms with Crippen LogP contribution in [0.3, 0.4) is 0 Å². The van der Waals surface area contributed by atoms with Crippen LogP contribution >= 0.6 is 0 Å². The molecule has 2 aromatic rings. The van der Waals surface area contributed by atoms with E-state index in [4.69, 9.17) is 11.5 Å². The van der Waals surface area contributed by atoms with Crippen LogP contribution in [0.4, 0.5) is 0 Å². The second-order valence-electron chi connectivity index (χ2n) is 5.78. The smallest absolute Gasteiger partial charge is 0.278 e. The van der Waals surface area contributed by atoms with E-state index in [-0.39, 0.29) is 18.3 Å². The number of amides is 1. The molecule has 24 heavy (non-hydrogen) atoms. The molecular weight excluding hydrogens is 300 g/mol. The van der Waals surface area contributed by atoms with E-state index in [0.29, 0.717) is 5.56 Å². The third-order valence-corrected chi connectivity index (χ3v) is 4.16. The number of nitrogens with two attached hydrogens (primary N) is 2. The minimum atomic E-state index is -0.367. The van der Waals surface area contributed by atoms with Crippen molar-refractivity contribution in [2.45, 2.75) is 19.8 Å². The molecule has 1 amide bonds. The normalized spacial score (nSPS) is 14.1. The number of allylic oxidation sites excluding steroid dienone is 1. The van der Waals surface area contributed by atoms with Crippen LogP contribution in [0.1, 0.15) is 39.2 Å². The third kappa shape index (κ3) is 3.12. The Morgan fingerprint density at radius 1 is 1.29 bits per heavy atom. The lowest BCUT2D eigenvalue weighted by atomic mass is 9.85. The van der Waals surface area contributed by atoms with Crippen molar-refractivity contribution in [1.29, 1.82) is 0 Å². The molecule has 0 radical (unpaired) electrons. The zero-order valence-corrected chi connectivity index (χ0v) is 13.6. The number of pyridine rings is 1. The summed E-state index contributed by atoms with van der Waals surface area (Å²) in [6, 6.07) is 9.67. The minimum Gasteiger partial charge on any atom is -0.386 e. The Balaban J connectivity index is 2.05. The quantitative estimate of drug-likeness (QED) is 0.669. The first-order valence-corrected chi connectivity index (χ1v) is 7.93. The highest BCUT2D eigenvalue weighted by molar-refractivity contribution is 6.04. The fraction of sp³-hybridized carbons (Fsp3) is 0.211. The monoisotopic (exact) mass is 320 g/mol. The van der Waals surface area contributed by atoms with E-state index >= 15 is 0 Å². The third-order valence-electron chi connectivity index (χ3n) is 4.16. The number of benzene rings is 1. The van der Waals surface area contributed by atoms with Gasteiger partial charge in [-0.25, -0.2) is 0 Å². The summed E-state index contributed by atoms with van der Waals surface area (Å²) in [5.74, 6) is -0.231. The van der Waals surface area contributed by atoms with E-state index in [1.165, 1.54) is 5.56 Å². The Morgan fingerprint density at radius 2 is 2.12 bits per heavy atom. The van der Waals surface area contributed by atoms with Crippen molar-refractivity contribution in [2.75, 3.05) is 6.54 Å². The highest BCUT2D eigenvalue weighted by atomic mass is 16.1. The number of carbonyl (C=O) groups excluding carboxylic acids is 1. The van der Waals surface area contributed by atoms with Crippen molar-refractivity contribution >= 4 is 17.3 Å². The fourth-order valence-corrected chi connectivity index (χ4v) is 2.92. The molecule has 1 aromatic heterocycles. The number of hydrogen-bond acceptors (Lipinski definition) is 3. The van der Waals surface area contributed by atoms with Crippen molar-refractivity contribution in [3.63, 3.8) is 0 Å². The van der Waals surface area contributed by atoms with Crippen LogP contribution in [-0.4, -0.2) is 23.3 Å². The number of nitrogens with zero attached hydrogens (tertiary/aromatic N) is 2. The number of hydrogen-bond donors (Lipinski definition) is 2. The maximum absolute atomic E-state index is 12.3. The van der Waals surface area contributed by atoms with Gasteiger partial charge in [-0.15, -0.1) is 0 Å². The molecule has 0 aliphatic heterocycles. The molecule has 5 heteroatoms. The summed E-state index contributed by atoms with van der Waals surface area (Å²) < 4.78 is 0. The molecule has 0 bridgehead atoms. The lowest BCUT2D eigenvalue weighted by Crippen LogP contribution is -2.24. The first-order chi connectivity index (χ1) is 11.6. The van der Waals surface area contributed by atoms with Crippen molar-refractivity contribution in [3.8, 4) is 0 Å². The molecule has 0 fully saturated rings. The van der Waals surface area contributed by atoms with E-state index in [9.17, 15) is 4.79 Å². The molecule has 5 nitrogen and oxygen atoms in total. The van der Waals surface area contributed by atoms with Gasteiger partial charge in [0.15, 0.2) is 0 Å². The SMILES string of the molecule is Cc1ncccc1C1=CCCc2ccc(C(=O)N=C(N)CN)cc21. The average Bonchev–Trinajstić information content (AvgIpc) is 2.61. The summed E-state index contributed by atoms with van der Waals surface area (Å²) in [6.07, 6.45) is 5.93. The van der Waals surface area contributed by atoms with E-state index in [0.717, 1.165) is 35.2 Å². The molecular formula is C19H20N4O. The molecule has 0 atom stereocenters. The predicted octanol–water partition coefficient (Wildman–Crippen LogP) is 2.22. The van der Waals surface area contributed by atoms with Gasteiger partial charge in [-0.3, -0.25) is 9.78 Å². The summed E-state index contributed by atoms with van der Waals surface area (Å²) in [6.45, 7) is 2.06. The molecule has 4 N–H and O–H groups in total. The Labute approximate surface area is 141 Å². The number of amidine groups is 1. The molecule has 1 aliphatic rings. The first kappa shape index (κ1) is 16.1. The second kappa shape index (κ2) is 6.76. The van der Waals surface area contributed by atoms with Gasteiger partial charge in [0.1, 0.15) is 5.84 Å². The lowest BCUT2D eigenvalue weighted by Gasteiger charge is -2.19. The number of fused-ring (bicyclic) bond motifs is 1. The van der Waals surface area contributed by atoms with Gasteiger partial charge in [0.05, 0.1) is 6.54 Å². The zero-order chi connectivity index (χ0) is 17.1. The summed E-state index contributed by atoms with van der Waals surface area (Å²) in [5.41, 5.74) is 16.9. The molecule has 0 spiro atoms. The molecule has 122 valence electrons. The van der Waals surface area contributed by atoms with Gasteiger partial charge in [0, 0.05) is 23.0 Å². The standard InChI is InChI=1S/C19H20N4O/c1-12-15(6-3-9-22-12)16-5-2-4-13-7-8-14(10-17(13)16)19(24)23-18(21)11-20/h3,5-10H,2,4,11,20H2,1H3,(H2,21,23,24). The predicted molar refractivity (Wildman–Crippen MR) is 95.8 cm³/mol. The number of aryl methyl sites for hydroxylation is 2. The van der Waals surface area contributed by atoms with E-state index in [1.54, 1.807) is 12.3 Å². The van der Waals surface area contributed by atoms with Gasteiger partial charge in [0.2, 0.25) is 0 Å². The van der Waals surface area contributed by atoms with Gasteiger partial charge < -0.3 is 11.5 Å². The number of rotatable bonds is 3. The maximum Gasteiger partial charge on any atom is 0.278 e. The molecule has 0 saturated carbocycles. The topological polar surface area (TPSA) is 94.4 Å². The van der Waals surface area contributed by atoms with E-state index in [1.807, 2.05) is 25.1 Å². The summed E-state index contributed by atoms with van der Waals surface area (Å²) in [7, 11) is 0. The van der Waals surface area contributed by atoms with Gasteiger partial charge in [0.25, 0.3) is 5.91 Å². The second-order valence-corrected chi connectivity index (χ2v) is 5.78. The molecule has 1 aliphatic carbocycles. The summed E-state index contributed by atoms with van der Waals surface area (Å²) in [5, 5.41) is 0. The summed E-state index contributed by atoms with van der Waals surface area (Å²) >= 11 is 0. The average molecular weight is 320 g/mol. The van der Waals surface area contributed by atoms with Crippen molar-refractivity contribution in [1.82, 2.24) is 4.98 Å². The maximum atomic E-state index is 12.3. The van der Waals surface area contributed by atoms with Crippen molar-refractivity contribution < 1.29 is 4.79 Å². The van der Waals surface area contributed by atoms with Crippen molar-refractivity contribution in [2.24, 2.45) is 16.5 Å². The Kier molecular flexibility index (Phi) is 4.53. The van der Waals surface area contributed by atoms with Gasteiger partial charge in [-0.05, 0) is 54.7 Å². The lowest BCUT2D eigenvalue weighted by molar-refractivity contribution is 0.100. The first-order valence-electron chi connectivity index (χ1n) is 7.93. The van der Waals surface area contributed by atoms with Gasteiger partial charge in [-0.1, -0.05) is 18.2 Å². The van der Waals surface area contributed by atoms with Crippen LogP contribution in [0.25, 0.3) is 5.57 Å².